The van der Waals surface area contributed by atoms with Gasteiger partial charge in [0.25, 0.3) is 5.91 Å². The van der Waals surface area contributed by atoms with Gasteiger partial charge in [0.1, 0.15) is 5.82 Å². The first-order valence-electron chi connectivity index (χ1n) is 9.77. The number of amides is 1. The van der Waals surface area contributed by atoms with Gasteiger partial charge in [0.2, 0.25) is 10.0 Å². The second-order valence-corrected chi connectivity index (χ2v) is 9.98. The Labute approximate surface area is 172 Å². The van der Waals surface area contributed by atoms with Crippen molar-refractivity contribution in [2.24, 2.45) is 11.8 Å². The molecule has 7 heteroatoms. The Bertz CT molecular complexity index is 966. The van der Waals surface area contributed by atoms with Crippen LogP contribution in [0, 0.1) is 17.7 Å². The molecule has 5 nitrogen and oxygen atoms in total. The van der Waals surface area contributed by atoms with E-state index in [9.17, 15) is 17.6 Å². The van der Waals surface area contributed by atoms with Crippen molar-refractivity contribution < 1.29 is 17.6 Å². The number of hydrogen-bond acceptors (Lipinski definition) is 3. The molecule has 1 amide bonds. The SMILES string of the molecule is C[C@H]1C[C@H](C)CN(S(=O)(=O)c2ccc(C(=O)N(C)Cc3ccccc3F)cc2)C1. The number of hydrogen-bond donors (Lipinski definition) is 0. The first-order valence-corrected chi connectivity index (χ1v) is 11.2. The van der Waals surface area contributed by atoms with Gasteiger partial charge < -0.3 is 4.90 Å². The third-order valence-corrected chi connectivity index (χ3v) is 7.13. The molecule has 1 aliphatic heterocycles. The Morgan fingerprint density at radius 1 is 1.07 bits per heavy atom. The van der Waals surface area contributed by atoms with Gasteiger partial charge in [0, 0.05) is 37.8 Å². The molecule has 1 aliphatic rings. The minimum Gasteiger partial charge on any atom is -0.337 e. The van der Waals surface area contributed by atoms with Crippen molar-refractivity contribution in [3.05, 3.63) is 65.5 Å². The lowest BCUT2D eigenvalue weighted by Crippen LogP contribution is -2.42. The molecule has 0 bridgehead atoms. The highest BCUT2D eigenvalue weighted by Gasteiger charge is 2.31. The van der Waals surface area contributed by atoms with E-state index in [1.54, 1.807) is 25.2 Å². The third-order valence-electron chi connectivity index (χ3n) is 5.29. The summed E-state index contributed by atoms with van der Waals surface area (Å²) in [5, 5.41) is 0. The molecule has 0 spiro atoms. The summed E-state index contributed by atoms with van der Waals surface area (Å²) in [5.41, 5.74) is 0.791. The number of benzene rings is 2. The van der Waals surface area contributed by atoms with Crippen LogP contribution in [0.4, 0.5) is 4.39 Å². The standard InChI is InChI=1S/C22H27FN2O3S/c1-16-12-17(2)14-25(13-16)29(27,28)20-10-8-18(9-11-20)22(26)24(3)15-19-6-4-5-7-21(19)23/h4-11,16-17H,12-15H2,1-3H3/t16-,17-/m0/s1. The summed E-state index contributed by atoms with van der Waals surface area (Å²) in [7, 11) is -1.99. The molecule has 0 N–H and O–H groups in total. The van der Waals surface area contributed by atoms with E-state index in [-0.39, 0.29) is 23.2 Å². The van der Waals surface area contributed by atoms with Gasteiger partial charge in [-0.3, -0.25) is 4.79 Å². The van der Waals surface area contributed by atoms with Crippen molar-refractivity contribution >= 4 is 15.9 Å². The topological polar surface area (TPSA) is 57.7 Å². The van der Waals surface area contributed by atoms with Crippen molar-refractivity contribution in [2.45, 2.75) is 31.7 Å². The molecule has 2 atom stereocenters. The predicted molar refractivity (Wildman–Crippen MR) is 110 cm³/mol. The molecular weight excluding hydrogens is 391 g/mol. The molecule has 0 unspecified atom stereocenters. The van der Waals surface area contributed by atoms with Gasteiger partial charge in [-0.15, -0.1) is 0 Å². The van der Waals surface area contributed by atoms with Crippen LogP contribution in [0.25, 0.3) is 0 Å². The quantitative estimate of drug-likeness (QED) is 0.743. The maximum Gasteiger partial charge on any atom is 0.253 e. The van der Waals surface area contributed by atoms with Gasteiger partial charge in [0.05, 0.1) is 4.90 Å². The van der Waals surface area contributed by atoms with Gasteiger partial charge in [-0.2, -0.15) is 4.31 Å². The maximum atomic E-state index is 13.8. The summed E-state index contributed by atoms with van der Waals surface area (Å²) in [6.07, 6.45) is 1.02. The van der Waals surface area contributed by atoms with Gasteiger partial charge in [-0.1, -0.05) is 32.0 Å². The minimum atomic E-state index is -3.59. The lowest BCUT2D eigenvalue weighted by molar-refractivity contribution is 0.0783. The van der Waals surface area contributed by atoms with Crippen molar-refractivity contribution in [3.8, 4) is 0 Å². The van der Waals surface area contributed by atoms with Crippen LogP contribution >= 0.6 is 0 Å². The van der Waals surface area contributed by atoms with Crippen LogP contribution in [-0.4, -0.2) is 43.7 Å². The number of piperidine rings is 1. The van der Waals surface area contributed by atoms with Crippen LogP contribution in [0.2, 0.25) is 0 Å². The largest absolute Gasteiger partial charge is 0.337 e. The van der Waals surface area contributed by atoms with Gasteiger partial charge in [-0.05, 0) is 48.6 Å². The predicted octanol–water partition coefficient (Wildman–Crippen LogP) is 3.76. The lowest BCUT2D eigenvalue weighted by atomic mass is 9.94. The van der Waals surface area contributed by atoms with E-state index in [0.29, 0.717) is 36.1 Å². The second kappa shape index (κ2) is 8.63. The number of rotatable bonds is 5. The Hall–Kier alpha value is -2.25. The van der Waals surface area contributed by atoms with Crippen LogP contribution in [0.15, 0.2) is 53.4 Å². The van der Waals surface area contributed by atoms with Gasteiger partial charge >= 0.3 is 0 Å². The average molecular weight is 419 g/mol. The average Bonchev–Trinajstić information content (AvgIpc) is 2.68. The number of sulfonamides is 1. The Morgan fingerprint density at radius 3 is 2.24 bits per heavy atom. The molecule has 156 valence electrons. The third kappa shape index (κ3) is 4.85. The maximum absolute atomic E-state index is 13.8. The van der Waals surface area contributed by atoms with E-state index in [0.717, 1.165) is 6.42 Å². The zero-order valence-corrected chi connectivity index (χ0v) is 17.8. The number of carbonyl (C=O) groups excluding carboxylic acids is 1. The molecule has 2 aromatic rings. The van der Waals surface area contributed by atoms with E-state index < -0.39 is 10.0 Å². The summed E-state index contributed by atoms with van der Waals surface area (Å²) in [4.78, 5) is 14.3. The zero-order chi connectivity index (χ0) is 21.2. The fourth-order valence-corrected chi connectivity index (χ4v) is 5.57. The van der Waals surface area contributed by atoms with Crippen molar-refractivity contribution in [2.75, 3.05) is 20.1 Å². The van der Waals surface area contributed by atoms with Crippen LogP contribution < -0.4 is 0 Å². The highest BCUT2D eigenvalue weighted by Crippen LogP contribution is 2.27. The molecule has 0 saturated carbocycles. The van der Waals surface area contributed by atoms with Crippen molar-refractivity contribution in [1.29, 1.82) is 0 Å². The molecule has 0 radical (unpaired) electrons. The van der Waals surface area contributed by atoms with Gasteiger partial charge in [-0.25, -0.2) is 12.8 Å². The highest BCUT2D eigenvalue weighted by molar-refractivity contribution is 7.89. The Balaban J connectivity index is 1.73. The second-order valence-electron chi connectivity index (χ2n) is 8.05. The summed E-state index contributed by atoms with van der Waals surface area (Å²) in [6, 6.07) is 12.3. The lowest BCUT2D eigenvalue weighted by Gasteiger charge is -2.34. The first-order chi connectivity index (χ1) is 13.7. The van der Waals surface area contributed by atoms with E-state index in [1.165, 1.54) is 39.5 Å². The Morgan fingerprint density at radius 2 is 1.66 bits per heavy atom. The molecule has 3 rings (SSSR count). The van der Waals surface area contributed by atoms with Crippen LogP contribution in [0.3, 0.4) is 0 Å². The summed E-state index contributed by atoms with van der Waals surface area (Å²) in [5.74, 6) is -0.0150. The molecule has 29 heavy (non-hydrogen) atoms. The summed E-state index contributed by atoms with van der Waals surface area (Å²) >= 11 is 0. The van der Waals surface area contributed by atoms with Crippen LogP contribution in [-0.2, 0) is 16.6 Å². The highest BCUT2D eigenvalue weighted by atomic mass is 32.2. The molecule has 1 saturated heterocycles. The smallest absolute Gasteiger partial charge is 0.253 e. The van der Waals surface area contributed by atoms with Crippen molar-refractivity contribution in [3.63, 3.8) is 0 Å². The normalized spacial score (nSPS) is 20.4. The summed E-state index contributed by atoms with van der Waals surface area (Å²) < 4.78 is 41.3. The van der Waals surface area contributed by atoms with Crippen molar-refractivity contribution in [1.82, 2.24) is 9.21 Å². The minimum absolute atomic E-state index is 0.134. The molecule has 2 aromatic carbocycles. The van der Waals surface area contributed by atoms with E-state index in [4.69, 9.17) is 0 Å². The fraction of sp³-hybridized carbons (Fsp3) is 0.409. The van der Waals surface area contributed by atoms with E-state index in [1.807, 2.05) is 0 Å². The number of nitrogens with zero attached hydrogens (tertiary/aromatic N) is 2. The molecule has 1 fully saturated rings. The first kappa shape index (κ1) is 21.5. The molecular formula is C22H27FN2O3S. The van der Waals surface area contributed by atoms with Crippen LogP contribution in [0.5, 0.6) is 0 Å². The zero-order valence-electron chi connectivity index (χ0n) is 17.0. The van der Waals surface area contributed by atoms with Crippen LogP contribution in [0.1, 0.15) is 36.2 Å². The monoisotopic (exact) mass is 418 g/mol. The number of halogens is 1. The Kier molecular flexibility index (Phi) is 6.39. The number of carbonyl (C=O) groups is 1. The van der Waals surface area contributed by atoms with Gasteiger partial charge in [0.15, 0.2) is 0 Å². The molecule has 0 aromatic heterocycles. The molecule has 1 heterocycles. The van der Waals surface area contributed by atoms with E-state index >= 15 is 0 Å². The fourth-order valence-electron chi connectivity index (χ4n) is 3.89. The van der Waals surface area contributed by atoms with E-state index in [2.05, 4.69) is 13.8 Å². The molecule has 0 aliphatic carbocycles. The summed E-state index contributed by atoms with van der Waals surface area (Å²) in [6.45, 7) is 5.28.